The summed E-state index contributed by atoms with van der Waals surface area (Å²) in [5.74, 6) is 0.103. The summed E-state index contributed by atoms with van der Waals surface area (Å²) in [5.41, 5.74) is 0.443. The number of methoxy groups -OCH3 is 1. The predicted octanol–water partition coefficient (Wildman–Crippen LogP) is 0.217. The number of pyridine rings is 1. The highest BCUT2D eigenvalue weighted by molar-refractivity contribution is 5.94. The third-order valence-electron chi connectivity index (χ3n) is 2.09. The summed E-state index contributed by atoms with van der Waals surface area (Å²) in [4.78, 5) is 15.7. The summed E-state index contributed by atoms with van der Waals surface area (Å²) in [6.45, 7) is 2.65. The number of carbonyl (C=O) groups excluding carboxylic acids is 1. The molecule has 2 N–H and O–H groups in total. The molecule has 1 heterocycles. The molecule has 0 aliphatic rings. The van der Waals surface area contributed by atoms with Crippen LogP contribution < -0.4 is 10.1 Å². The summed E-state index contributed by atoms with van der Waals surface area (Å²) in [6, 6.07) is 3.13. The average molecular weight is 254 g/mol. The van der Waals surface area contributed by atoms with E-state index < -0.39 is 6.10 Å². The van der Waals surface area contributed by atoms with Gasteiger partial charge in [0.15, 0.2) is 0 Å². The van der Waals surface area contributed by atoms with Crippen LogP contribution in [0.4, 0.5) is 0 Å². The van der Waals surface area contributed by atoms with Crippen LogP contribution in [0.1, 0.15) is 17.3 Å². The van der Waals surface area contributed by atoms with Gasteiger partial charge in [-0.15, -0.1) is 0 Å². The average Bonchev–Trinajstić information content (AvgIpc) is 2.36. The van der Waals surface area contributed by atoms with E-state index in [1.165, 1.54) is 6.20 Å². The van der Waals surface area contributed by atoms with Crippen molar-refractivity contribution >= 4 is 5.91 Å². The van der Waals surface area contributed by atoms with Gasteiger partial charge in [0.25, 0.3) is 5.91 Å². The third-order valence-corrected chi connectivity index (χ3v) is 2.09. The Balaban J connectivity index is 2.55. The van der Waals surface area contributed by atoms with Crippen LogP contribution in [-0.4, -0.2) is 49.0 Å². The summed E-state index contributed by atoms with van der Waals surface area (Å²) in [5, 5.41) is 11.7. The molecule has 1 amide bonds. The van der Waals surface area contributed by atoms with Gasteiger partial charge in [0, 0.05) is 31.5 Å². The first-order valence-electron chi connectivity index (χ1n) is 5.67. The Labute approximate surface area is 106 Å². The molecule has 0 saturated heterocycles. The molecule has 1 aromatic rings. The minimum Gasteiger partial charge on any atom is -0.475 e. The lowest BCUT2D eigenvalue weighted by Gasteiger charge is -2.08. The van der Waals surface area contributed by atoms with Crippen molar-refractivity contribution in [3.63, 3.8) is 0 Å². The van der Waals surface area contributed by atoms with Crippen LogP contribution in [0.15, 0.2) is 18.3 Å². The number of hydrogen-bond donors (Lipinski definition) is 2. The maximum absolute atomic E-state index is 11.7. The van der Waals surface area contributed by atoms with Gasteiger partial charge in [-0.2, -0.15) is 0 Å². The molecule has 6 nitrogen and oxygen atoms in total. The lowest BCUT2D eigenvalue weighted by atomic mass is 10.2. The van der Waals surface area contributed by atoms with Crippen LogP contribution in [0.2, 0.25) is 0 Å². The minimum absolute atomic E-state index is 0.209. The Bertz CT molecular complexity index is 382. The number of nitrogens with one attached hydrogen (secondary N) is 1. The quantitative estimate of drug-likeness (QED) is 0.680. The van der Waals surface area contributed by atoms with Crippen LogP contribution in [-0.2, 0) is 4.74 Å². The highest BCUT2D eigenvalue weighted by atomic mass is 16.5. The van der Waals surface area contributed by atoms with Crippen molar-refractivity contribution < 1.29 is 19.4 Å². The lowest BCUT2D eigenvalue weighted by Crippen LogP contribution is -2.30. The van der Waals surface area contributed by atoms with Crippen molar-refractivity contribution in [3.05, 3.63) is 23.9 Å². The number of aliphatic hydroxyl groups excluding tert-OH is 1. The predicted molar refractivity (Wildman–Crippen MR) is 65.6 cm³/mol. The molecule has 0 saturated carbocycles. The number of ether oxygens (including phenoxy) is 2. The van der Waals surface area contributed by atoms with E-state index in [1.54, 1.807) is 26.2 Å². The first kappa shape index (κ1) is 14.4. The Kier molecular flexibility index (Phi) is 6.10. The molecule has 100 valence electrons. The van der Waals surface area contributed by atoms with Crippen molar-refractivity contribution in [2.45, 2.75) is 13.0 Å². The molecule has 0 aliphatic carbocycles. The summed E-state index contributed by atoms with van der Waals surface area (Å²) < 4.78 is 10.1. The smallest absolute Gasteiger partial charge is 0.251 e. The van der Waals surface area contributed by atoms with Gasteiger partial charge in [0.05, 0.1) is 12.7 Å². The molecule has 0 aliphatic heterocycles. The molecule has 0 aromatic carbocycles. The number of aliphatic hydroxyl groups is 1. The van der Waals surface area contributed by atoms with Crippen LogP contribution in [0, 0.1) is 0 Å². The standard InChI is InChI=1S/C12H18N2O4/c1-9(15)8-14-12(16)10-3-4-13-11(7-10)18-6-5-17-2/h3-4,7,9,15H,5-6,8H2,1-2H3,(H,14,16)/t9-/m1/s1. The zero-order valence-corrected chi connectivity index (χ0v) is 10.5. The van der Waals surface area contributed by atoms with E-state index in [1.807, 2.05) is 0 Å². The number of amides is 1. The molecule has 0 fully saturated rings. The summed E-state index contributed by atoms with van der Waals surface area (Å²) in [7, 11) is 1.58. The van der Waals surface area contributed by atoms with Gasteiger partial charge >= 0.3 is 0 Å². The fourth-order valence-corrected chi connectivity index (χ4v) is 1.20. The molecule has 1 rings (SSSR count). The number of hydrogen-bond acceptors (Lipinski definition) is 5. The topological polar surface area (TPSA) is 80.7 Å². The number of carbonyl (C=O) groups is 1. The van der Waals surface area contributed by atoms with Crippen molar-refractivity contribution in [3.8, 4) is 5.88 Å². The van der Waals surface area contributed by atoms with Crippen LogP contribution in [0.3, 0.4) is 0 Å². The SMILES string of the molecule is COCCOc1cc(C(=O)NC[C@@H](C)O)ccn1. The van der Waals surface area contributed by atoms with Gasteiger partial charge in [-0.1, -0.05) is 0 Å². The number of aromatic nitrogens is 1. The molecular formula is C12H18N2O4. The largest absolute Gasteiger partial charge is 0.475 e. The second-order valence-corrected chi connectivity index (χ2v) is 3.78. The first-order chi connectivity index (χ1) is 8.63. The molecule has 0 radical (unpaired) electrons. The number of rotatable bonds is 7. The van der Waals surface area contributed by atoms with Gasteiger partial charge in [-0.25, -0.2) is 4.98 Å². The molecule has 6 heteroatoms. The van der Waals surface area contributed by atoms with Crippen LogP contribution >= 0.6 is 0 Å². The third kappa shape index (κ3) is 5.11. The van der Waals surface area contributed by atoms with Gasteiger partial charge < -0.3 is 19.9 Å². The maximum atomic E-state index is 11.7. The van der Waals surface area contributed by atoms with Crippen molar-refractivity contribution in [2.75, 3.05) is 26.9 Å². The van der Waals surface area contributed by atoms with E-state index in [4.69, 9.17) is 14.6 Å². The second-order valence-electron chi connectivity index (χ2n) is 3.78. The fraction of sp³-hybridized carbons (Fsp3) is 0.500. The Morgan fingerprint density at radius 1 is 1.56 bits per heavy atom. The molecule has 0 bridgehead atoms. The Morgan fingerprint density at radius 3 is 3.00 bits per heavy atom. The van der Waals surface area contributed by atoms with Crippen LogP contribution in [0.25, 0.3) is 0 Å². The first-order valence-corrected chi connectivity index (χ1v) is 5.67. The van der Waals surface area contributed by atoms with E-state index in [0.717, 1.165) is 0 Å². The van der Waals surface area contributed by atoms with Gasteiger partial charge in [-0.3, -0.25) is 4.79 Å². The highest BCUT2D eigenvalue weighted by Crippen LogP contribution is 2.09. The van der Waals surface area contributed by atoms with Crippen molar-refractivity contribution in [2.24, 2.45) is 0 Å². The lowest BCUT2D eigenvalue weighted by molar-refractivity contribution is 0.0923. The van der Waals surface area contributed by atoms with Gasteiger partial charge in [-0.05, 0) is 13.0 Å². The second kappa shape index (κ2) is 7.62. The van der Waals surface area contributed by atoms with E-state index in [9.17, 15) is 4.79 Å². The van der Waals surface area contributed by atoms with E-state index >= 15 is 0 Å². The Morgan fingerprint density at radius 2 is 2.33 bits per heavy atom. The molecular weight excluding hydrogens is 236 g/mol. The maximum Gasteiger partial charge on any atom is 0.251 e. The van der Waals surface area contributed by atoms with Crippen LogP contribution in [0.5, 0.6) is 5.88 Å². The van der Waals surface area contributed by atoms with Crippen molar-refractivity contribution in [1.82, 2.24) is 10.3 Å². The summed E-state index contributed by atoms with van der Waals surface area (Å²) >= 11 is 0. The Hall–Kier alpha value is -1.66. The molecule has 18 heavy (non-hydrogen) atoms. The minimum atomic E-state index is -0.576. The number of nitrogens with zero attached hydrogens (tertiary/aromatic N) is 1. The summed E-state index contributed by atoms with van der Waals surface area (Å²) in [6.07, 6.45) is 0.924. The monoisotopic (exact) mass is 254 g/mol. The zero-order chi connectivity index (χ0) is 13.4. The molecule has 1 aromatic heterocycles. The van der Waals surface area contributed by atoms with Gasteiger partial charge in [0.2, 0.25) is 5.88 Å². The molecule has 0 unspecified atom stereocenters. The van der Waals surface area contributed by atoms with E-state index in [0.29, 0.717) is 24.7 Å². The van der Waals surface area contributed by atoms with Gasteiger partial charge in [0.1, 0.15) is 6.61 Å². The molecule has 0 spiro atoms. The van der Waals surface area contributed by atoms with E-state index in [2.05, 4.69) is 10.3 Å². The van der Waals surface area contributed by atoms with Crippen molar-refractivity contribution in [1.29, 1.82) is 0 Å². The normalized spacial score (nSPS) is 11.9. The highest BCUT2D eigenvalue weighted by Gasteiger charge is 2.08. The van der Waals surface area contributed by atoms with E-state index in [-0.39, 0.29) is 12.5 Å². The zero-order valence-electron chi connectivity index (χ0n) is 10.5. The fourth-order valence-electron chi connectivity index (χ4n) is 1.20. The molecule has 1 atom stereocenters.